The second-order valence-electron chi connectivity index (χ2n) is 3.09. The molecular formula is C9H18N4S. The van der Waals surface area contributed by atoms with Crippen molar-refractivity contribution in [3.63, 3.8) is 0 Å². The number of hydrogen-bond acceptors (Lipinski definition) is 4. The second kappa shape index (κ2) is 6.84. The first kappa shape index (κ1) is 11.5. The van der Waals surface area contributed by atoms with Gasteiger partial charge in [0.1, 0.15) is 12.2 Å². The van der Waals surface area contributed by atoms with Crippen molar-refractivity contribution >= 4 is 11.8 Å². The maximum atomic E-state index is 5.42. The molecule has 1 heterocycles. The van der Waals surface area contributed by atoms with Crippen molar-refractivity contribution in [1.29, 1.82) is 0 Å². The second-order valence-corrected chi connectivity index (χ2v) is 4.20. The predicted octanol–water partition coefficient (Wildman–Crippen LogP) is 1.27. The quantitative estimate of drug-likeness (QED) is 0.694. The van der Waals surface area contributed by atoms with E-state index in [1.54, 1.807) is 6.33 Å². The molecule has 1 rings (SSSR count). The summed E-state index contributed by atoms with van der Waals surface area (Å²) in [6.07, 6.45) is 3.81. The molecule has 2 N–H and O–H groups in total. The van der Waals surface area contributed by atoms with Crippen LogP contribution in [-0.4, -0.2) is 27.1 Å². The standard InChI is InChI=1S/C9H18N4S/c1-2-5-13-9(11-8-12-13)7-14-6-3-4-10/h8H,2-7,10H2,1H3. The highest BCUT2D eigenvalue weighted by molar-refractivity contribution is 7.98. The monoisotopic (exact) mass is 214 g/mol. The molecule has 0 aromatic carbocycles. The lowest BCUT2D eigenvalue weighted by molar-refractivity contribution is 0.581. The lowest BCUT2D eigenvalue weighted by Crippen LogP contribution is -2.05. The van der Waals surface area contributed by atoms with Crippen molar-refractivity contribution in [2.24, 2.45) is 5.73 Å². The lowest BCUT2D eigenvalue weighted by Gasteiger charge is -2.03. The summed E-state index contributed by atoms with van der Waals surface area (Å²) in [5.74, 6) is 3.13. The summed E-state index contributed by atoms with van der Waals surface area (Å²) < 4.78 is 1.98. The first-order valence-corrected chi connectivity index (χ1v) is 6.18. The summed E-state index contributed by atoms with van der Waals surface area (Å²) in [7, 11) is 0. The molecule has 0 atom stereocenters. The zero-order valence-corrected chi connectivity index (χ0v) is 9.46. The molecule has 0 bridgehead atoms. The Morgan fingerprint density at radius 1 is 1.57 bits per heavy atom. The zero-order chi connectivity index (χ0) is 10.2. The molecule has 0 amide bonds. The van der Waals surface area contributed by atoms with Gasteiger partial charge in [-0.2, -0.15) is 16.9 Å². The van der Waals surface area contributed by atoms with Gasteiger partial charge in [0.2, 0.25) is 0 Å². The molecule has 14 heavy (non-hydrogen) atoms. The molecule has 80 valence electrons. The number of nitrogens with zero attached hydrogens (tertiary/aromatic N) is 3. The highest BCUT2D eigenvalue weighted by atomic mass is 32.2. The predicted molar refractivity (Wildman–Crippen MR) is 60.1 cm³/mol. The lowest BCUT2D eigenvalue weighted by atomic mass is 10.5. The van der Waals surface area contributed by atoms with Crippen LogP contribution in [0.3, 0.4) is 0 Å². The van der Waals surface area contributed by atoms with E-state index in [0.717, 1.165) is 43.3 Å². The van der Waals surface area contributed by atoms with Crippen LogP contribution in [0.2, 0.25) is 0 Å². The Balaban J connectivity index is 2.30. The van der Waals surface area contributed by atoms with Gasteiger partial charge in [0.25, 0.3) is 0 Å². The normalized spacial score (nSPS) is 10.7. The number of aryl methyl sites for hydroxylation is 1. The minimum Gasteiger partial charge on any atom is -0.330 e. The largest absolute Gasteiger partial charge is 0.330 e. The molecular weight excluding hydrogens is 196 g/mol. The van der Waals surface area contributed by atoms with Gasteiger partial charge in [-0.15, -0.1) is 0 Å². The van der Waals surface area contributed by atoms with E-state index in [1.165, 1.54) is 0 Å². The first-order chi connectivity index (χ1) is 6.88. The Morgan fingerprint density at radius 3 is 3.14 bits per heavy atom. The van der Waals surface area contributed by atoms with Crippen LogP contribution in [0.15, 0.2) is 6.33 Å². The van der Waals surface area contributed by atoms with E-state index in [4.69, 9.17) is 5.73 Å². The minimum atomic E-state index is 0.772. The van der Waals surface area contributed by atoms with Gasteiger partial charge in [0.05, 0.1) is 5.75 Å². The van der Waals surface area contributed by atoms with Crippen LogP contribution in [0.25, 0.3) is 0 Å². The highest BCUT2D eigenvalue weighted by Gasteiger charge is 2.02. The fourth-order valence-corrected chi connectivity index (χ4v) is 2.07. The smallest absolute Gasteiger partial charge is 0.138 e. The summed E-state index contributed by atoms with van der Waals surface area (Å²) in [4.78, 5) is 4.23. The summed E-state index contributed by atoms with van der Waals surface area (Å²) >= 11 is 1.87. The Hall–Kier alpha value is -0.550. The zero-order valence-electron chi connectivity index (χ0n) is 8.65. The average molecular weight is 214 g/mol. The molecule has 0 fully saturated rings. The van der Waals surface area contributed by atoms with Crippen LogP contribution in [-0.2, 0) is 12.3 Å². The van der Waals surface area contributed by atoms with Gasteiger partial charge < -0.3 is 5.73 Å². The van der Waals surface area contributed by atoms with E-state index in [-0.39, 0.29) is 0 Å². The third-order valence-corrected chi connectivity index (χ3v) is 2.89. The van der Waals surface area contributed by atoms with Gasteiger partial charge in [-0.25, -0.2) is 9.67 Å². The number of nitrogens with two attached hydrogens (primary N) is 1. The molecule has 0 unspecified atom stereocenters. The van der Waals surface area contributed by atoms with E-state index < -0.39 is 0 Å². The molecule has 0 aliphatic carbocycles. The van der Waals surface area contributed by atoms with E-state index in [1.807, 2.05) is 16.4 Å². The molecule has 5 heteroatoms. The fraction of sp³-hybridized carbons (Fsp3) is 0.778. The van der Waals surface area contributed by atoms with Gasteiger partial charge >= 0.3 is 0 Å². The summed E-state index contributed by atoms with van der Waals surface area (Å²) in [5, 5.41) is 4.17. The van der Waals surface area contributed by atoms with Crippen LogP contribution in [0, 0.1) is 0 Å². The molecule has 0 aliphatic heterocycles. The molecule has 4 nitrogen and oxygen atoms in total. The van der Waals surface area contributed by atoms with Crippen molar-refractivity contribution < 1.29 is 0 Å². The third kappa shape index (κ3) is 3.67. The van der Waals surface area contributed by atoms with Gasteiger partial charge in [0.15, 0.2) is 0 Å². The first-order valence-electron chi connectivity index (χ1n) is 5.03. The Bertz CT molecular complexity index is 249. The van der Waals surface area contributed by atoms with Crippen molar-refractivity contribution in [1.82, 2.24) is 14.8 Å². The van der Waals surface area contributed by atoms with Crippen LogP contribution in [0.4, 0.5) is 0 Å². The summed E-state index contributed by atoms with van der Waals surface area (Å²) in [5.41, 5.74) is 5.42. The molecule has 0 radical (unpaired) electrons. The van der Waals surface area contributed by atoms with Crippen molar-refractivity contribution in [2.75, 3.05) is 12.3 Å². The van der Waals surface area contributed by atoms with Crippen LogP contribution >= 0.6 is 11.8 Å². The van der Waals surface area contributed by atoms with Crippen LogP contribution in [0.5, 0.6) is 0 Å². The van der Waals surface area contributed by atoms with Crippen molar-refractivity contribution in [2.45, 2.75) is 32.1 Å². The van der Waals surface area contributed by atoms with Crippen LogP contribution < -0.4 is 5.73 Å². The van der Waals surface area contributed by atoms with Gasteiger partial charge in [-0.3, -0.25) is 0 Å². The Labute approximate surface area is 89.3 Å². The summed E-state index contributed by atoms with van der Waals surface area (Å²) in [6, 6.07) is 0. The molecule has 1 aromatic rings. The molecule has 0 aliphatic rings. The van der Waals surface area contributed by atoms with E-state index in [0.29, 0.717) is 0 Å². The highest BCUT2D eigenvalue weighted by Crippen LogP contribution is 2.10. The molecule has 1 aromatic heterocycles. The minimum absolute atomic E-state index is 0.772. The van der Waals surface area contributed by atoms with E-state index in [9.17, 15) is 0 Å². The van der Waals surface area contributed by atoms with Gasteiger partial charge in [-0.1, -0.05) is 6.92 Å². The summed E-state index contributed by atoms with van der Waals surface area (Å²) in [6.45, 7) is 3.88. The Kier molecular flexibility index (Phi) is 5.63. The SMILES string of the molecule is CCCn1ncnc1CSCCCN. The number of hydrogen-bond donors (Lipinski definition) is 1. The van der Waals surface area contributed by atoms with Crippen LogP contribution in [0.1, 0.15) is 25.6 Å². The fourth-order valence-electron chi connectivity index (χ4n) is 1.15. The molecule has 0 saturated heterocycles. The van der Waals surface area contributed by atoms with Crippen molar-refractivity contribution in [3.8, 4) is 0 Å². The maximum Gasteiger partial charge on any atom is 0.138 e. The van der Waals surface area contributed by atoms with Gasteiger partial charge in [0, 0.05) is 6.54 Å². The molecule has 0 spiro atoms. The Morgan fingerprint density at radius 2 is 2.43 bits per heavy atom. The average Bonchev–Trinajstić information content (AvgIpc) is 2.61. The van der Waals surface area contributed by atoms with E-state index in [2.05, 4.69) is 17.0 Å². The number of aromatic nitrogens is 3. The van der Waals surface area contributed by atoms with Gasteiger partial charge in [-0.05, 0) is 25.1 Å². The van der Waals surface area contributed by atoms with E-state index >= 15 is 0 Å². The third-order valence-electron chi connectivity index (χ3n) is 1.86. The maximum absolute atomic E-state index is 5.42. The topological polar surface area (TPSA) is 56.7 Å². The number of thioether (sulfide) groups is 1. The molecule has 0 saturated carbocycles. The number of rotatable bonds is 7. The van der Waals surface area contributed by atoms with Crippen molar-refractivity contribution in [3.05, 3.63) is 12.2 Å².